The molecule has 0 radical (unpaired) electrons. The largest absolute Gasteiger partial charge is 0.300 e. The van der Waals surface area contributed by atoms with Crippen molar-refractivity contribution in [2.24, 2.45) is 68.5 Å². The van der Waals surface area contributed by atoms with E-state index in [1.165, 1.54) is 76.2 Å². The van der Waals surface area contributed by atoms with Gasteiger partial charge in [0.2, 0.25) is 0 Å². The Hall–Kier alpha value is -0.590. The fourth-order valence-electron chi connectivity index (χ4n) is 12.1. The highest BCUT2D eigenvalue weighted by Crippen LogP contribution is 2.78. The molecule has 0 aliphatic heterocycles. The molecule has 38 heavy (non-hydrogen) atoms. The van der Waals surface area contributed by atoms with Crippen LogP contribution in [0.3, 0.4) is 0 Å². The first-order valence-corrected chi connectivity index (χ1v) is 16.7. The molecule has 0 spiro atoms. The van der Waals surface area contributed by atoms with E-state index < -0.39 is 0 Å². The highest BCUT2D eigenvalue weighted by atomic mass is 16.1. The lowest BCUT2D eigenvalue weighted by Gasteiger charge is -2.73. The smallest absolute Gasteiger partial charge is 0.132 e. The van der Waals surface area contributed by atoms with Gasteiger partial charge in [0.25, 0.3) is 0 Å². The van der Waals surface area contributed by atoms with Gasteiger partial charge in [0.05, 0.1) is 0 Å². The zero-order valence-corrected chi connectivity index (χ0v) is 27.4. The monoisotopic (exact) mass is 524 g/mol. The third kappa shape index (κ3) is 4.24. The van der Waals surface area contributed by atoms with Crippen LogP contribution < -0.4 is 0 Å². The van der Waals surface area contributed by atoms with E-state index in [2.05, 4.69) is 62.0 Å². The molecule has 5 aliphatic carbocycles. The zero-order valence-electron chi connectivity index (χ0n) is 27.4. The third-order valence-electron chi connectivity index (χ3n) is 15.3. The quantitative estimate of drug-likeness (QED) is 0.335. The van der Waals surface area contributed by atoms with Crippen molar-refractivity contribution in [3.8, 4) is 0 Å². The van der Waals surface area contributed by atoms with E-state index in [1.807, 2.05) is 13.8 Å². The molecule has 10 unspecified atom stereocenters. The van der Waals surface area contributed by atoms with Crippen molar-refractivity contribution in [2.75, 3.05) is 0 Å². The van der Waals surface area contributed by atoms with Crippen LogP contribution >= 0.6 is 0 Å². The van der Waals surface area contributed by atoms with Crippen molar-refractivity contribution in [3.05, 3.63) is 12.2 Å². The average molecular weight is 525 g/mol. The van der Waals surface area contributed by atoms with Gasteiger partial charge in [0, 0.05) is 5.92 Å². The topological polar surface area (TPSA) is 17.1 Å². The maximum Gasteiger partial charge on any atom is 0.132 e. The maximum absolute atomic E-state index is 10.1. The van der Waals surface area contributed by atoms with Gasteiger partial charge in [-0.1, -0.05) is 80.9 Å². The van der Waals surface area contributed by atoms with E-state index in [0.717, 1.165) is 35.5 Å². The standard InChI is InChI=1S/C32H54.C5H10O/c1-10-32-18-14-23(21(2)3)27(32)24-11-12-26-29(7)16-13-22(4)28(5,6)25(29)15-17-31(26,9)30(24,8)19-20-32;1-4(2)5(3)6/h22-27H,2,10-20H2,1,3-9H3;4H,1-3H3. The third-order valence-corrected chi connectivity index (χ3v) is 15.3. The molecule has 1 nitrogen and oxygen atoms in total. The summed E-state index contributed by atoms with van der Waals surface area (Å²) in [7, 11) is 0. The molecule has 5 fully saturated rings. The van der Waals surface area contributed by atoms with Gasteiger partial charge in [-0.3, -0.25) is 4.79 Å². The fourth-order valence-corrected chi connectivity index (χ4v) is 12.1. The molecule has 5 aliphatic rings. The van der Waals surface area contributed by atoms with Gasteiger partial charge in [-0.2, -0.15) is 0 Å². The Labute approximate surface area is 237 Å². The second-order valence-corrected chi connectivity index (χ2v) is 16.9. The number of Topliss-reactive ketones (excluding diaryl/α,β-unsaturated/α-hetero) is 1. The molecule has 0 aromatic heterocycles. The number of hydrogen-bond donors (Lipinski definition) is 0. The molecule has 5 saturated carbocycles. The number of carbonyl (C=O) groups excluding carboxylic acids is 1. The minimum atomic E-state index is 0.213. The van der Waals surface area contributed by atoms with E-state index in [4.69, 9.17) is 0 Å². The molecule has 5 rings (SSSR count). The summed E-state index contributed by atoms with van der Waals surface area (Å²) in [6, 6.07) is 0. The first-order chi connectivity index (χ1) is 17.5. The van der Waals surface area contributed by atoms with Crippen molar-refractivity contribution >= 4 is 5.78 Å². The van der Waals surface area contributed by atoms with Gasteiger partial charge >= 0.3 is 0 Å². The maximum atomic E-state index is 10.1. The molecular weight excluding hydrogens is 460 g/mol. The van der Waals surface area contributed by atoms with E-state index in [1.54, 1.807) is 6.92 Å². The minimum absolute atomic E-state index is 0.213. The van der Waals surface area contributed by atoms with Crippen LogP contribution in [0.4, 0.5) is 0 Å². The number of ketones is 1. The predicted molar refractivity (Wildman–Crippen MR) is 164 cm³/mol. The summed E-state index contributed by atoms with van der Waals surface area (Å²) in [5.41, 5.74) is 4.24. The number of allylic oxidation sites excluding steroid dienone is 1. The van der Waals surface area contributed by atoms with E-state index >= 15 is 0 Å². The molecule has 0 saturated heterocycles. The number of rotatable bonds is 3. The van der Waals surface area contributed by atoms with Crippen LogP contribution in [0.15, 0.2) is 12.2 Å². The fraction of sp³-hybridized carbons (Fsp3) is 0.919. The van der Waals surface area contributed by atoms with Crippen LogP contribution in [-0.4, -0.2) is 5.78 Å². The summed E-state index contributed by atoms with van der Waals surface area (Å²) in [6.45, 7) is 31.0. The molecule has 0 heterocycles. The van der Waals surface area contributed by atoms with E-state index in [0.29, 0.717) is 27.1 Å². The van der Waals surface area contributed by atoms with Crippen LogP contribution in [0, 0.1) is 68.5 Å². The lowest BCUT2D eigenvalue weighted by atomic mass is 9.32. The Balaban J connectivity index is 0.000000505. The van der Waals surface area contributed by atoms with Gasteiger partial charge < -0.3 is 0 Å². The van der Waals surface area contributed by atoms with Crippen molar-refractivity contribution in [2.45, 2.75) is 147 Å². The molecule has 1 heteroatoms. The summed E-state index contributed by atoms with van der Waals surface area (Å²) in [5, 5.41) is 0. The minimum Gasteiger partial charge on any atom is -0.300 e. The summed E-state index contributed by atoms with van der Waals surface area (Å²) >= 11 is 0. The number of hydrogen-bond acceptors (Lipinski definition) is 1. The van der Waals surface area contributed by atoms with Crippen LogP contribution in [-0.2, 0) is 4.79 Å². The Morgan fingerprint density at radius 1 is 0.816 bits per heavy atom. The molecular formula is C37H64O. The second kappa shape index (κ2) is 10.0. The highest BCUT2D eigenvalue weighted by Gasteiger charge is 2.70. The normalized spacial score (nSPS) is 49.1. The first-order valence-electron chi connectivity index (χ1n) is 16.7. The SMILES string of the molecule is C=C(C)C1CCC2(CC)CCC3(C)C(CCC4C5(C)CCC(C)C(C)(C)C5CCC43C)C12.CC(=O)C(C)C. The Morgan fingerprint density at radius 2 is 1.45 bits per heavy atom. The van der Waals surface area contributed by atoms with Crippen LogP contribution in [0.2, 0.25) is 0 Å². The van der Waals surface area contributed by atoms with Crippen molar-refractivity contribution in [1.29, 1.82) is 0 Å². The summed E-state index contributed by atoms with van der Waals surface area (Å²) in [4.78, 5) is 10.1. The Kier molecular flexibility index (Phi) is 8.03. The summed E-state index contributed by atoms with van der Waals surface area (Å²) in [6.07, 6.45) is 16.2. The molecule has 0 bridgehead atoms. The van der Waals surface area contributed by atoms with Gasteiger partial charge in [-0.05, 0) is 141 Å². The zero-order chi connectivity index (χ0) is 28.5. The van der Waals surface area contributed by atoms with E-state index in [9.17, 15) is 4.79 Å². The van der Waals surface area contributed by atoms with Gasteiger partial charge in [-0.15, -0.1) is 0 Å². The van der Waals surface area contributed by atoms with Crippen molar-refractivity contribution in [3.63, 3.8) is 0 Å². The predicted octanol–water partition coefficient (Wildman–Crippen LogP) is 10.9. The summed E-state index contributed by atoms with van der Waals surface area (Å²) in [5.74, 6) is 5.84. The molecule has 218 valence electrons. The van der Waals surface area contributed by atoms with Crippen molar-refractivity contribution in [1.82, 2.24) is 0 Å². The number of fused-ring (bicyclic) bond motifs is 7. The highest BCUT2D eigenvalue weighted by molar-refractivity contribution is 5.77. The van der Waals surface area contributed by atoms with Gasteiger partial charge in [0.1, 0.15) is 5.78 Å². The van der Waals surface area contributed by atoms with Crippen LogP contribution in [0.1, 0.15) is 147 Å². The van der Waals surface area contributed by atoms with Crippen LogP contribution in [0.25, 0.3) is 0 Å². The number of carbonyl (C=O) groups is 1. The molecule has 0 aromatic rings. The van der Waals surface area contributed by atoms with Crippen LogP contribution in [0.5, 0.6) is 0 Å². The molecule has 0 aromatic carbocycles. The Bertz CT molecular complexity index is 912. The lowest BCUT2D eigenvalue weighted by Crippen LogP contribution is -2.66. The Morgan fingerprint density at radius 3 is 2.00 bits per heavy atom. The molecule has 10 atom stereocenters. The first kappa shape index (κ1) is 30.4. The average Bonchev–Trinajstić information content (AvgIpc) is 3.23. The lowest BCUT2D eigenvalue weighted by molar-refractivity contribution is -0.242. The molecule has 0 N–H and O–H groups in total. The second-order valence-electron chi connectivity index (χ2n) is 16.9. The summed E-state index contributed by atoms with van der Waals surface area (Å²) < 4.78 is 0. The van der Waals surface area contributed by atoms with Gasteiger partial charge in [0.15, 0.2) is 0 Å². The van der Waals surface area contributed by atoms with Crippen molar-refractivity contribution < 1.29 is 4.79 Å². The molecule has 0 amide bonds. The van der Waals surface area contributed by atoms with Gasteiger partial charge in [-0.25, -0.2) is 0 Å². The van der Waals surface area contributed by atoms with E-state index in [-0.39, 0.29) is 11.7 Å².